The minimum Gasteiger partial charge on any atom is -0.356 e. The maximum atomic E-state index is 11.9. The fraction of sp³-hybridized carbons (Fsp3) is 0.895. The standard InChI is InChI=1S/C19H37N5O.HI/c1-16-8-5-6-14-24(16)15-7-12-21-19(20-2)22-13-11-18(25)23-17-9-3-4-10-17;/h16-17H,3-15H2,1-2H3,(H,23,25)(H2,20,21,22);1H. The number of halogens is 1. The molecule has 1 unspecified atom stereocenters. The first-order chi connectivity index (χ1) is 12.2. The van der Waals surface area contributed by atoms with E-state index < -0.39 is 0 Å². The first kappa shape index (κ1) is 23.5. The van der Waals surface area contributed by atoms with Gasteiger partial charge in [0.25, 0.3) is 0 Å². The average molecular weight is 479 g/mol. The molecule has 0 bridgehead atoms. The summed E-state index contributed by atoms with van der Waals surface area (Å²) in [7, 11) is 1.78. The first-order valence-corrected chi connectivity index (χ1v) is 10.2. The highest BCUT2D eigenvalue weighted by molar-refractivity contribution is 14.0. The number of rotatable bonds is 8. The van der Waals surface area contributed by atoms with Crippen molar-refractivity contribution in [3.8, 4) is 0 Å². The van der Waals surface area contributed by atoms with E-state index in [1.165, 1.54) is 38.6 Å². The second-order valence-electron chi connectivity index (χ2n) is 7.46. The van der Waals surface area contributed by atoms with Gasteiger partial charge in [0.05, 0.1) is 0 Å². The molecule has 1 aliphatic heterocycles. The van der Waals surface area contributed by atoms with Gasteiger partial charge in [-0.2, -0.15) is 0 Å². The van der Waals surface area contributed by atoms with Gasteiger partial charge in [0, 0.05) is 45.2 Å². The smallest absolute Gasteiger partial charge is 0.221 e. The molecule has 6 nitrogen and oxygen atoms in total. The summed E-state index contributed by atoms with van der Waals surface area (Å²) in [4.78, 5) is 18.7. The van der Waals surface area contributed by atoms with Gasteiger partial charge in [-0.05, 0) is 45.6 Å². The number of hydrogen-bond acceptors (Lipinski definition) is 3. The van der Waals surface area contributed by atoms with Gasteiger partial charge < -0.3 is 20.9 Å². The maximum Gasteiger partial charge on any atom is 0.221 e. The Hall–Kier alpha value is -0.570. The number of aliphatic imine (C=N–C) groups is 1. The summed E-state index contributed by atoms with van der Waals surface area (Å²) in [6, 6.07) is 1.13. The fourth-order valence-corrected chi connectivity index (χ4v) is 3.86. The van der Waals surface area contributed by atoms with Crippen molar-refractivity contribution in [1.29, 1.82) is 0 Å². The molecule has 1 aliphatic carbocycles. The normalized spacial score (nSPS) is 21.9. The molecular weight excluding hydrogens is 441 g/mol. The zero-order valence-corrected chi connectivity index (χ0v) is 18.9. The molecule has 26 heavy (non-hydrogen) atoms. The van der Waals surface area contributed by atoms with Crippen LogP contribution in [0.2, 0.25) is 0 Å². The number of piperidine rings is 1. The predicted octanol–water partition coefficient (Wildman–Crippen LogP) is 2.48. The Morgan fingerprint density at radius 3 is 2.46 bits per heavy atom. The van der Waals surface area contributed by atoms with Crippen LogP contribution in [0.15, 0.2) is 4.99 Å². The third-order valence-electron chi connectivity index (χ3n) is 5.44. The molecule has 0 aromatic carbocycles. The Kier molecular flexibility index (Phi) is 12.3. The number of carbonyl (C=O) groups is 1. The van der Waals surface area contributed by atoms with E-state index in [1.54, 1.807) is 7.05 Å². The zero-order chi connectivity index (χ0) is 17.9. The Morgan fingerprint density at radius 2 is 1.77 bits per heavy atom. The summed E-state index contributed by atoms with van der Waals surface area (Å²) in [5, 5.41) is 9.71. The van der Waals surface area contributed by atoms with Crippen LogP contribution in [0.5, 0.6) is 0 Å². The van der Waals surface area contributed by atoms with Crippen LogP contribution in [0.3, 0.4) is 0 Å². The van der Waals surface area contributed by atoms with Gasteiger partial charge >= 0.3 is 0 Å². The van der Waals surface area contributed by atoms with Crippen LogP contribution in [0.4, 0.5) is 0 Å². The van der Waals surface area contributed by atoms with Crippen LogP contribution in [0.1, 0.15) is 64.7 Å². The van der Waals surface area contributed by atoms with E-state index in [1.807, 2.05) is 0 Å². The topological polar surface area (TPSA) is 68.8 Å². The SMILES string of the molecule is CN=C(NCCCN1CCCCC1C)NCCC(=O)NC1CCCC1.I. The molecule has 152 valence electrons. The van der Waals surface area contributed by atoms with Crippen molar-refractivity contribution in [3.63, 3.8) is 0 Å². The van der Waals surface area contributed by atoms with Gasteiger partial charge in [0.15, 0.2) is 5.96 Å². The van der Waals surface area contributed by atoms with Gasteiger partial charge in [-0.15, -0.1) is 24.0 Å². The highest BCUT2D eigenvalue weighted by Gasteiger charge is 2.18. The molecule has 1 heterocycles. The van der Waals surface area contributed by atoms with E-state index in [0.29, 0.717) is 19.0 Å². The predicted molar refractivity (Wildman–Crippen MR) is 119 cm³/mol. The number of amides is 1. The van der Waals surface area contributed by atoms with Crippen LogP contribution in [0.25, 0.3) is 0 Å². The van der Waals surface area contributed by atoms with E-state index in [4.69, 9.17) is 0 Å². The Morgan fingerprint density at radius 1 is 1.08 bits per heavy atom. The van der Waals surface area contributed by atoms with E-state index in [9.17, 15) is 4.79 Å². The van der Waals surface area contributed by atoms with Crippen LogP contribution in [-0.4, -0.2) is 62.1 Å². The van der Waals surface area contributed by atoms with Crippen molar-refractivity contribution in [3.05, 3.63) is 0 Å². The van der Waals surface area contributed by atoms with Crippen LogP contribution >= 0.6 is 24.0 Å². The first-order valence-electron chi connectivity index (χ1n) is 10.2. The lowest BCUT2D eigenvalue weighted by molar-refractivity contribution is -0.121. The summed E-state index contributed by atoms with van der Waals surface area (Å²) in [5.41, 5.74) is 0. The van der Waals surface area contributed by atoms with E-state index in [2.05, 4.69) is 32.8 Å². The third kappa shape index (κ3) is 8.88. The lowest BCUT2D eigenvalue weighted by Gasteiger charge is -2.33. The highest BCUT2D eigenvalue weighted by Crippen LogP contribution is 2.17. The molecule has 1 amide bonds. The third-order valence-corrected chi connectivity index (χ3v) is 5.44. The molecule has 1 saturated heterocycles. The number of hydrogen-bond donors (Lipinski definition) is 3. The molecule has 1 atom stereocenters. The van der Waals surface area contributed by atoms with Crippen LogP contribution in [-0.2, 0) is 4.79 Å². The zero-order valence-electron chi connectivity index (χ0n) is 16.6. The highest BCUT2D eigenvalue weighted by atomic mass is 127. The lowest BCUT2D eigenvalue weighted by Crippen LogP contribution is -2.42. The van der Waals surface area contributed by atoms with Crippen molar-refractivity contribution in [1.82, 2.24) is 20.9 Å². The van der Waals surface area contributed by atoms with Crippen LogP contribution < -0.4 is 16.0 Å². The van der Waals surface area contributed by atoms with E-state index >= 15 is 0 Å². The van der Waals surface area contributed by atoms with Crippen molar-refractivity contribution < 1.29 is 4.79 Å². The summed E-state index contributed by atoms with van der Waals surface area (Å²) >= 11 is 0. The maximum absolute atomic E-state index is 11.9. The second-order valence-corrected chi connectivity index (χ2v) is 7.46. The van der Waals surface area contributed by atoms with Crippen LogP contribution in [0, 0.1) is 0 Å². The van der Waals surface area contributed by atoms with Gasteiger partial charge in [-0.3, -0.25) is 9.79 Å². The number of carbonyl (C=O) groups excluding carboxylic acids is 1. The molecule has 2 fully saturated rings. The Balaban J connectivity index is 0.00000338. The second kappa shape index (κ2) is 13.6. The molecule has 3 N–H and O–H groups in total. The summed E-state index contributed by atoms with van der Waals surface area (Å²) < 4.78 is 0. The minimum absolute atomic E-state index is 0. The van der Waals surface area contributed by atoms with Gasteiger partial charge in [0.1, 0.15) is 0 Å². The molecule has 1 saturated carbocycles. The van der Waals surface area contributed by atoms with Crippen molar-refractivity contribution >= 4 is 35.8 Å². The van der Waals surface area contributed by atoms with Crippen molar-refractivity contribution in [2.45, 2.75) is 76.8 Å². The molecular formula is C19H38IN5O. The largest absolute Gasteiger partial charge is 0.356 e. The number of likely N-dealkylation sites (tertiary alicyclic amines) is 1. The van der Waals surface area contributed by atoms with Crippen molar-refractivity contribution in [2.24, 2.45) is 4.99 Å². The van der Waals surface area contributed by atoms with Gasteiger partial charge in [0.2, 0.25) is 5.91 Å². The number of guanidine groups is 1. The fourth-order valence-electron chi connectivity index (χ4n) is 3.86. The molecule has 2 rings (SSSR count). The number of nitrogens with one attached hydrogen (secondary N) is 3. The summed E-state index contributed by atoms with van der Waals surface area (Å²) in [6.07, 6.45) is 10.4. The average Bonchev–Trinajstić information content (AvgIpc) is 3.11. The molecule has 7 heteroatoms. The van der Waals surface area contributed by atoms with Gasteiger partial charge in [-0.25, -0.2) is 0 Å². The molecule has 0 radical (unpaired) electrons. The molecule has 0 aromatic rings. The summed E-state index contributed by atoms with van der Waals surface area (Å²) in [5.74, 6) is 0.939. The monoisotopic (exact) mass is 479 g/mol. The summed E-state index contributed by atoms with van der Waals surface area (Å²) in [6.45, 7) is 6.27. The molecule has 2 aliphatic rings. The molecule has 0 aromatic heterocycles. The quantitative estimate of drug-likeness (QED) is 0.217. The number of nitrogens with zero attached hydrogens (tertiary/aromatic N) is 2. The lowest BCUT2D eigenvalue weighted by atomic mass is 10.0. The molecule has 0 spiro atoms. The Bertz CT molecular complexity index is 426. The minimum atomic E-state index is 0. The van der Waals surface area contributed by atoms with Gasteiger partial charge in [-0.1, -0.05) is 19.3 Å². The van der Waals surface area contributed by atoms with Crippen molar-refractivity contribution in [2.75, 3.05) is 33.2 Å². The Labute approximate surface area is 176 Å². The van der Waals surface area contributed by atoms with E-state index in [-0.39, 0.29) is 29.9 Å². The van der Waals surface area contributed by atoms with E-state index in [0.717, 1.165) is 44.4 Å².